The number of carbonyl (C=O) groups excluding carboxylic acids is 1. The van der Waals surface area contributed by atoms with E-state index in [2.05, 4.69) is 92.0 Å². The lowest BCUT2D eigenvalue weighted by Gasteiger charge is -2.43. The van der Waals surface area contributed by atoms with E-state index in [0.29, 0.717) is 0 Å². The molecule has 0 saturated carbocycles. The van der Waals surface area contributed by atoms with E-state index in [4.69, 9.17) is 8.85 Å². The third-order valence-corrected chi connectivity index (χ3v) is 23.6. The Kier molecular flexibility index (Phi) is 6.84. The van der Waals surface area contributed by atoms with Crippen LogP contribution in [0.2, 0.25) is 48.4 Å². The molecule has 1 saturated heterocycles. The minimum absolute atomic E-state index is 0.126. The normalized spacial score (nSPS) is 18.0. The third kappa shape index (κ3) is 4.69. The molecule has 2 aliphatic heterocycles. The maximum absolute atomic E-state index is 13.8. The molecule has 0 amide bonds. The molecule has 2 heterocycles. The van der Waals surface area contributed by atoms with Gasteiger partial charge in [0.25, 0.3) is 0 Å². The number of hydrogen-bond donors (Lipinski definition) is 0. The third-order valence-electron chi connectivity index (χ3n) is 9.57. The van der Waals surface area contributed by atoms with Crippen LogP contribution in [0, 0.1) is 0 Å². The molecule has 2 aliphatic rings. The van der Waals surface area contributed by atoms with Crippen LogP contribution in [0.15, 0.2) is 36.4 Å². The zero-order valence-corrected chi connectivity index (χ0v) is 27.2. The van der Waals surface area contributed by atoms with Crippen molar-refractivity contribution in [2.75, 3.05) is 0 Å². The van der Waals surface area contributed by atoms with Crippen LogP contribution < -0.4 is 19.2 Å². The number of carbonyl (C=O) groups is 1. The second-order valence-electron chi connectivity index (χ2n) is 14.1. The summed E-state index contributed by atoms with van der Waals surface area (Å²) in [5, 5.41) is 2.86. The maximum Gasteiger partial charge on any atom is 0.250 e. The fraction of sp³-hybridized carbons (Fsp3) is 0.567. The van der Waals surface area contributed by atoms with Gasteiger partial charge in [0, 0.05) is 11.1 Å². The van der Waals surface area contributed by atoms with Gasteiger partial charge in [0.2, 0.25) is 16.6 Å². The molecule has 2 aromatic rings. The van der Waals surface area contributed by atoms with Gasteiger partial charge in [-0.25, -0.2) is 0 Å². The minimum atomic E-state index is -2.11. The maximum atomic E-state index is 13.8. The van der Waals surface area contributed by atoms with Crippen molar-refractivity contribution >= 4 is 40.9 Å². The van der Waals surface area contributed by atoms with Crippen molar-refractivity contribution in [2.24, 2.45) is 0 Å². The number of ketones is 1. The highest BCUT2D eigenvalue weighted by atomic mass is 28.4. The molecule has 0 aliphatic carbocycles. The average Bonchev–Trinajstić information content (AvgIpc) is 2.76. The highest BCUT2D eigenvalue weighted by Gasteiger charge is 2.47. The molecular weight excluding hydrogens is 493 g/mol. The average molecular weight is 539 g/mol. The van der Waals surface area contributed by atoms with Gasteiger partial charge >= 0.3 is 0 Å². The predicted molar refractivity (Wildman–Crippen MR) is 160 cm³/mol. The number of benzene rings is 2. The van der Waals surface area contributed by atoms with E-state index in [1.54, 1.807) is 0 Å². The summed E-state index contributed by atoms with van der Waals surface area (Å²) in [6.45, 7) is 22.8. The summed E-state index contributed by atoms with van der Waals surface area (Å²) in [6.07, 6.45) is 3.76. The molecule has 1 spiro atoms. The number of hydrogen-bond acceptors (Lipinski definition) is 3. The Morgan fingerprint density at radius 1 is 0.667 bits per heavy atom. The molecule has 0 unspecified atom stereocenters. The Labute approximate surface area is 222 Å². The van der Waals surface area contributed by atoms with Crippen molar-refractivity contribution in [3.05, 3.63) is 47.5 Å². The Morgan fingerprint density at radius 3 is 1.42 bits per heavy atom. The summed E-state index contributed by atoms with van der Waals surface area (Å²) in [6, 6.07) is 15.2. The molecule has 1 fully saturated rings. The van der Waals surface area contributed by atoms with Crippen molar-refractivity contribution in [1.29, 1.82) is 0 Å². The largest absolute Gasteiger partial charge is 0.544 e. The second kappa shape index (κ2) is 8.98. The summed E-state index contributed by atoms with van der Waals surface area (Å²) in [7, 11) is -6.07. The summed E-state index contributed by atoms with van der Waals surface area (Å²) in [4.78, 5) is 13.8. The van der Waals surface area contributed by atoms with Crippen LogP contribution in [-0.2, 0) is 0 Å². The van der Waals surface area contributed by atoms with Gasteiger partial charge in [-0.2, -0.15) is 0 Å². The molecule has 196 valence electrons. The van der Waals surface area contributed by atoms with E-state index >= 15 is 0 Å². The summed E-state index contributed by atoms with van der Waals surface area (Å²) in [5.74, 6) is 2.06. The van der Waals surface area contributed by atoms with Crippen LogP contribution in [0.1, 0.15) is 76.7 Å². The Bertz CT molecular complexity index is 1080. The first-order chi connectivity index (χ1) is 16.5. The Morgan fingerprint density at radius 2 is 1.06 bits per heavy atom. The van der Waals surface area contributed by atoms with E-state index in [0.717, 1.165) is 22.6 Å². The van der Waals surface area contributed by atoms with Crippen molar-refractivity contribution in [2.45, 2.75) is 109 Å². The van der Waals surface area contributed by atoms with Crippen molar-refractivity contribution in [1.82, 2.24) is 0 Å². The van der Waals surface area contributed by atoms with Crippen molar-refractivity contribution < 1.29 is 13.6 Å². The molecule has 6 heteroatoms. The molecule has 4 rings (SSSR count). The SMILES string of the molecule is CC(C)(C)[Si](C)(C)Oc1ccc2c(c1)[Si]1(CCCCC1)c1cc(O[Si](C)(C)C(C)(C)C)ccc1C2=O. The van der Waals surface area contributed by atoms with E-state index in [1.807, 2.05) is 12.1 Å². The van der Waals surface area contributed by atoms with E-state index < -0.39 is 24.7 Å². The Hall–Kier alpha value is -1.64. The van der Waals surface area contributed by atoms with Gasteiger partial charge in [-0.3, -0.25) is 4.79 Å². The molecule has 0 aromatic heterocycles. The Balaban J connectivity index is 1.84. The quantitative estimate of drug-likeness (QED) is 0.373. The van der Waals surface area contributed by atoms with Gasteiger partial charge in [-0.1, -0.05) is 60.8 Å². The standard InChI is InChI=1S/C30H46O3Si3/c1-29(2,3)34(7,8)32-22-14-16-24-26(20-22)36(18-12-11-13-19-36)27-21-23(15-17-25(27)28(24)31)33-35(9,10)30(4,5)6/h14-17,20-21H,11-13,18-19H2,1-10H3. The molecule has 0 radical (unpaired) electrons. The van der Waals surface area contributed by atoms with Crippen LogP contribution in [0.5, 0.6) is 11.5 Å². The zero-order valence-electron chi connectivity index (χ0n) is 24.2. The highest BCUT2D eigenvalue weighted by molar-refractivity contribution is 7.04. The molecule has 3 nitrogen and oxygen atoms in total. The van der Waals surface area contributed by atoms with Gasteiger partial charge in [0.1, 0.15) is 19.6 Å². The van der Waals surface area contributed by atoms with Crippen molar-refractivity contribution in [3.8, 4) is 11.5 Å². The topological polar surface area (TPSA) is 35.5 Å². The van der Waals surface area contributed by atoms with Crippen LogP contribution in [0.4, 0.5) is 0 Å². The van der Waals surface area contributed by atoms with Gasteiger partial charge in [0.15, 0.2) is 5.78 Å². The smallest absolute Gasteiger partial charge is 0.250 e. The first-order valence-corrected chi connectivity index (χ1v) is 21.9. The van der Waals surface area contributed by atoms with Gasteiger partial charge in [0.05, 0.1) is 0 Å². The lowest BCUT2D eigenvalue weighted by atomic mass is 10.0. The van der Waals surface area contributed by atoms with Crippen LogP contribution >= 0.6 is 0 Å². The monoisotopic (exact) mass is 538 g/mol. The fourth-order valence-electron chi connectivity index (χ4n) is 5.24. The van der Waals surface area contributed by atoms with Crippen molar-refractivity contribution in [3.63, 3.8) is 0 Å². The minimum Gasteiger partial charge on any atom is -0.544 e. The van der Waals surface area contributed by atoms with E-state index in [9.17, 15) is 4.79 Å². The first-order valence-electron chi connectivity index (χ1n) is 13.7. The van der Waals surface area contributed by atoms with Crippen LogP contribution in [0.25, 0.3) is 0 Å². The van der Waals surface area contributed by atoms with Gasteiger partial charge in [-0.15, -0.1) is 0 Å². The first kappa shape index (κ1) is 27.4. The molecular formula is C30H46O3Si3. The summed E-state index contributed by atoms with van der Waals surface area (Å²) in [5.41, 5.74) is 1.83. The van der Waals surface area contributed by atoms with Gasteiger partial charge < -0.3 is 8.85 Å². The molecule has 0 bridgehead atoms. The fourth-order valence-corrected chi connectivity index (χ4v) is 12.9. The zero-order chi connectivity index (χ0) is 26.7. The van der Waals surface area contributed by atoms with Crippen LogP contribution in [0.3, 0.4) is 0 Å². The predicted octanol–water partition coefficient (Wildman–Crippen LogP) is 7.75. The lowest BCUT2D eigenvalue weighted by molar-refractivity contribution is 0.104. The van der Waals surface area contributed by atoms with E-state index in [-0.39, 0.29) is 15.9 Å². The lowest BCUT2D eigenvalue weighted by Crippen LogP contribution is -2.64. The molecule has 0 atom stereocenters. The van der Waals surface area contributed by atoms with Crippen LogP contribution in [-0.4, -0.2) is 30.5 Å². The molecule has 2 aromatic carbocycles. The summed E-state index contributed by atoms with van der Waals surface area (Å²) >= 11 is 0. The second-order valence-corrected chi connectivity index (χ2v) is 27.8. The summed E-state index contributed by atoms with van der Waals surface area (Å²) < 4.78 is 13.5. The molecule has 0 N–H and O–H groups in total. The van der Waals surface area contributed by atoms with E-state index in [1.165, 1.54) is 41.7 Å². The highest BCUT2D eigenvalue weighted by Crippen LogP contribution is 2.41. The van der Waals surface area contributed by atoms with Gasteiger partial charge in [-0.05, 0) is 95.1 Å². The number of fused-ring (bicyclic) bond motifs is 4. The molecule has 36 heavy (non-hydrogen) atoms. The number of rotatable bonds is 4.